The van der Waals surface area contributed by atoms with Crippen molar-refractivity contribution in [3.8, 4) is 0 Å². The van der Waals surface area contributed by atoms with E-state index >= 15 is 0 Å². The van der Waals surface area contributed by atoms with Crippen LogP contribution < -0.4 is 24.0 Å². The quantitative estimate of drug-likeness (QED) is 0.305. The Bertz CT molecular complexity index is 124. The van der Waals surface area contributed by atoms with E-state index in [0.29, 0.717) is 17.6 Å². The van der Waals surface area contributed by atoms with Crippen molar-refractivity contribution >= 4 is 0 Å². The zero-order chi connectivity index (χ0) is 4.85. The first-order valence-corrected chi connectivity index (χ1v) is 2.75. The second-order valence-electron chi connectivity index (χ2n) is 2.50. The Balaban J connectivity index is 0.000000320. The standard InChI is InChI=1S/C6H8O.Li/c7-6-3-4-1-5(6)2-4;/h3-5,7H,1-2H2;/q;+1/p-1. The van der Waals surface area contributed by atoms with Crippen LogP contribution in [0.4, 0.5) is 0 Å². The van der Waals surface area contributed by atoms with Gasteiger partial charge in [-0.05, 0) is 24.7 Å². The summed E-state index contributed by atoms with van der Waals surface area (Å²) < 4.78 is 0. The van der Waals surface area contributed by atoms with Gasteiger partial charge in [0.05, 0.1) is 0 Å². The Labute approximate surface area is 61.0 Å². The Morgan fingerprint density at radius 1 is 1.50 bits per heavy atom. The van der Waals surface area contributed by atoms with Crippen LogP contribution >= 0.6 is 0 Å². The van der Waals surface area contributed by atoms with E-state index in [9.17, 15) is 5.11 Å². The van der Waals surface area contributed by atoms with Crippen molar-refractivity contribution in [2.45, 2.75) is 12.8 Å². The average Bonchev–Trinajstić information content (AvgIpc) is 1.85. The first kappa shape index (κ1) is 6.26. The molecule has 0 aromatic carbocycles. The van der Waals surface area contributed by atoms with Crippen molar-refractivity contribution in [2.75, 3.05) is 0 Å². The van der Waals surface area contributed by atoms with Crippen LogP contribution in [0, 0.1) is 11.8 Å². The molecule has 0 amide bonds. The summed E-state index contributed by atoms with van der Waals surface area (Å²) in [4.78, 5) is 0. The van der Waals surface area contributed by atoms with E-state index in [1.54, 1.807) is 0 Å². The third-order valence-corrected chi connectivity index (χ3v) is 1.98. The van der Waals surface area contributed by atoms with E-state index in [4.69, 9.17) is 0 Å². The van der Waals surface area contributed by atoms with Gasteiger partial charge in [-0.1, -0.05) is 6.08 Å². The minimum atomic E-state index is 0. The van der Waals surface area contributed by atoms with Gasteiger partial charge >= 0.3 is 18.9 Å². The molecular weight excluding hydrogens is 95.0 g/mol. The summed E-state index contributed by atoms with van der Waals surface area (Å²) >= 11 is 0. The Morgan fingerprint density at radius 2 is 2.12 bits per heavy atom. The van der Waals surface area contributed by atoms with E-state index < -0.39 is 0 Å². The molecule has 3 aliphatic rings. The normalized spacial score (nSPS) is 39.8. The fourth-order valence-electron chi connectivity index (χ4n) is 1.40. The maximum atomic E-state index is 10.6. The number of hydrogen-bond donors (Lipinski definition) is 0. The van der Waals surface area contributed by atoms with Gasteiger partial charge in [0.25, 0.3) is 0 Å². The molecule has 0 spiro atoms. The van der Waals surface area contributed by atoms with Crippen LogP contribution in [0.15, 0.2) is 11.8 Å². The van der Waals surface area contributed by atoms with Crippen LogP contribution in [0.3, 0.4) is 0 Å². The van der Waals surface area contributed by atoms with Gasteiger partial charge in [0.15, 0.2) is 0 Å². The van der Waals surface area contributed by atoms with Gasteiger partial charge in [-0.2, -0.15) is 0 Å². The Kier molecular flexibility index (Phi) is 1.43. The zero-order valence-corrected chi connectivity index (χ0v) is 5.05. The van der Waals surface area contributed by atoms with Gasteiger partial charge in [-0.3, -0.25) is 0 Å². The molecule has 3 rings (SSSR count). The van der Waals surface area contributed by atoms with E-state index in [1.807, 2.05) is 6.08 Å². The van der Waals surface area contributed by atoms with Gasteiger partial charge in [0, 0.05) is 0 Å². The monoisotopic (exact) mass is 102 g/mol. The van der Waals surface area contributed by atoms with E-state index in [1.165, 1.54) is 12.8 Å². The van der Waals surface area contributed by atoms with Crippen molar-refractivity contribution in [3.05, 3.63) is 11.8 Å². The van der Waals surface area contributed by atoms with Crippen molar-refractivity contribution in [1.29, 1.82) is 0 Å². The van der Waals surface area contributed by atoms with Crippen LogP contribution in [-0.2, 0) is 0 Å². The maximum Gasteiger partial charge on any atom is 1.00 e. The fraction of sp³-hybridized carbons (Fsp3) is 0.667. The minimum Gasteiger partial charge on any atom is -0.875 e. The van der Waals surface area contributed by atoms with Crippen LogP contribution in [0.5, 0.6) is 0 Å². The number of rotatable bonds is 0. The summed E-state index contributed by atoms with van der Waals surface area (Å²) in [5.41, 5.74) is 0. The first-order valence-electron chi connectivity index (χ1n) is 2.75. The third-order valence-electron chi connectivity index (χ3n) is 1.98. The molecule has 0 unspecified atom stereocenters. The SMILES string of the molecule is [Li+].[O-]C1=CC2CC1C2. The summed E-state index contributed by atoms with van der Waals surface area (Å²) in [6.07, 6.45) is 4.21. The van der Waals surface area contributed by atoms with Gasteiger partial charge in [-0.25, -0.2) is 0 Å². The van der Waals surface area contributed by atoms with Gasteiger partial charge in [-0.15, -0.1) is 5.76 Å². The topological polar surface area (TPSA) is 23.1 Å². The third kappa shape index (κ3) is 0.622. The molecule has 2 bridgehead atoms. The molecule has 1 nitrogen and oxygen atoms in total. The molecule has 0 atom stereocenters. The van der Waals surface area contributed by atoms with Crippen LogP contribution in [0.25, 0.3) is 0 Å². The predicted molar refractivity (Wildman–Crippen MR) is 24.3 cm³/mol. The van der Waals surface area contributed by atoms with Crippen LogP contribution in [0.2, 0.25) is 0 Å². The molecule has 3 aliphatic carbocycles. The van der Waals surface area contributed by atoms with Gasteiger partial charge < -0.3 is 5.11 Å². The van der Waals surface area contributed by atoms with E-state index in [0.717, 1.165) is 0 Å². The second-order valence-corrected chi connectivity index (χ2v) is 2.50. The molecule has 2 heteroatoms. The maximum absolute atomic E-state index is 10.6. The van der Waals surface area contributed by atoms with Crippen LogP contribution in [-0.4, -0.2) is 0 Å². The number of allylic oxidation sites excluding steroid dienone is 2. The minimum absolute atomic E-state index is 0. The zero-order valence-electron chi connectivity index (χ0n) is 5.05. The van der Waals surface area contributed by atoms with Crippen molar-refractivity contribution in [1.82, 2.24) is 0 Å². The molecule has 0 saturated heterocycles. The molecule has 38 valence electrons. The van der Waals surface area contributed by atoms with E-state index in [-0.39, 0.29) is 18.9 Å². The molecule has 0 heterocycles. The molecule has 8 heavy (non-hydrogen) atoms. The summed E-state index contributed by atoms with van der Waals surface area (Å²) in [6, 6.07) is 0. The second kappa shape index (κ2) is 1.82. The summed E-state index contributed by atoms with van der Waals surface area (Å²) in [5.74, 6) is 1.56. The Hall–Kier alpha value is 0.137. The summed E-state index contributed by atoms with van der Waals surface area (Å²) in [6.45, 7) is 0. The average molecular weight is 102 g/mol. The molecule has 0 aliphatic heterocycles. The molecule has 0 aromatic heterocycles. The summed E-state index contributed by atoms with van der Waals surface area (Å²) in [5, 5.41) is 10.6. The first-order chi connectivity index (χ1) is 3.36. The largest absolute Gasteiger partial charge is 1.00 e. The van der Waals surface area contributed by atoms with Crippen molar-refractivity contribution in [3.63, 3.8) is 0 Å². The molecule has 0 N–H and O–H groups in total. The molecule has 1 saturated carbocycles. The van der Waals surface area contributed by atoms with Gasteiger partial charge in [0.2, 0.25) is 0 Å². The fourth-order valence-corrected chi connectivity index (χ4v) is 1.40. The molecular formula is C6H7LiO. The molecule has 1 fully saturated rings. The van der Waals surface area contributed by atoms with Crippen molar-refractivity contribution < 1.29 is 24.0 Å². The number of hydrogen-bond acceptors (Lipinski definition) is 1. The van der Waals surface area contributed by atoms with E-state index in [2.05, 4.69) is 0 Å². The molecule has 0 radical (unpaired) electrons. The Morgan fingerprint density at radius 3 is 2.25 bits per heavy atom. The van der Waals surface area contributed by atoms with Crippen molar-refractivity contribution in [2.24, 2.45) is 11.8 Å². The van der Waals surface area contributed by atoms with Crippen LogP contribution in [0.1, 0.15) is 12.8 Å². The molecule has 0 aromatic rings. The predicted octanol–water partition coefficient (Wildman–Crippen LogP) is -2.73. The summed E-state index contributed by atoms with van der Waals surface area (Å²) in [7, 11) is 0. The van der Waals surface area contributed by atoms with Gasteiger partial charge in [0.1, 0.15) is 0 Å². The smallest absolute Gasteiger partial charge is 0.875 e.